The van der Waals surface area contributed by atoms with Gasteiger partial charge < -0.3 is 18.8 Å². The molecule has 1 fully saturated rings. The van der Waals surface area contributed by atoms with Gasteiger partial charge in [0.1, 0.15) is 11.3 Å². The number of hydrogen-bond donors (Lipinski definition) is 0. The Kier molecular flexibility index (Phi) is 6.83. The van der Waals surface area contributed by atoms with Crippen LogP contribution in [0.15, 0.2) is 87.1 Å². The lowest BCUT2D eigenvalue weighted by molar-refractivity contribution is -0.137. The summed E-state index contributed by atoms with van der Waals surface area (Å²) in [4.78, 5) is 32.6. The maximum absolute atomic E-state index is 13.6. The number of amides is 1. The Morgan fingerprint density at radius 1 is 1.05 bits per heavy atom. The molecule has 5 aromatic rings. The molecule has 3 heterocycles. The van der Waals surface area contributed by atoms with Crippen LogP contribution in [-0.4, -0.2) is 59.6 Å². The van der Waals surface area contributed by atoms with Gasteiger partial charge in [-0.1, -0.05) is 41.9 Å². The number of morpholine rings is 1. The van der Waals surface area contributed by atoms with Crippen LogP contribution in [0.3, 0.4) is 0 Å². The van der Waals surface area contributed by atoms with Crippen molar-refractivity contribution in [2.45, 2.75) is 0 Å². The van der Waals surface area contributed by atoms with Crippen LogP contribution in [-0.2, 0) is 9.53 Å². The van der Waals surface area contributed by atoms with E-state index in [1.54, 1.807) is 41.3 Å². The van der Waals surface area contributed by atoms with Gasteiger partial charge in [-0.25, -0.2) is 4.98 Å². The smallest absolute Gasteiger partial charge is 0.282 e. The number of fused-ring (bicyclic) bond motifs is 2. The fourth-order valence-corrected chi connectivity index (χ4v) is 4.58. The first kappa shape index (κ1) is 24.8. The maximum Gasteiger partial charge on any atom is 0.282 e. The zero-order valence-electron chi connectivity index (χ0n) is 20.7. The van der Waals surface area contributed by atoms with Crippen LogP contribution < -0.4 is 10.3 Å². The molecular formula is C29H23ClN4O5. The molecule has 1 aliphatic rings. The predicted octanol–water partition coefficient (Wildman–Crippen LogP) is 4.58. The Balaban J connectivity index is 1.38. The summed E-state index contributed by atoms with van der Waals surface area (Å²) in [5.41, 5.74) is 1.32. The summed E-state index contributed by atoms with van der Waals surface area (Å²) in [5, 5.41) is 6.23. The van der Waals surface area contributed by atoms with Gasteiger partial charge in [0.15, 0.2) is 12.4 Å². The van der Waals surface area contributed by atoms with Crippen LogP contribution in [0.2, 0.25) is 5.02 Å². The Morgan fingerprint density at radius 3 is 2.69 bits per heavy atom. The Hall–Kier alpha value is -4.47. The zero-order valence-corrected chi connectivity index (χ0v) is 21.5. The van der Waals surface area contributed by atoms with Gasteiger partial charge in [-0.15, -0.1) is 0 Å². The summed E-state index contributed by atoms with van der Waals surface area (Å²) in [7, 11) is 0. The number of rotatable bonds is 6. The van der Waals surface area contributed by atoms with E-state index in [9.17, 15) is 9.59 Å². The van der Waals surface area contributed by atoms with Gasteiger partial charge in [-0.2, -0.15) is 9.78 Å². The van der Waals surface area contributed by atoms with Gasteiger partial charge in [-0.3, -0.25) is 9.59 Å². The first-order valence-electron chi connectivity index (χ1n) is 12.4. The number of nitrogens with zero attached hydrogens (tertiary/aromatic N) is 4. The number of para-hydroxylation sites is 2. The van der Waals surface area contributed by atoms with E-state index in [1.165, 1.54) is 10.9 Å². The third-order valence-corrected chi connectivity index (χ3v) is 6.63. The first-order chi connectivity index (χ1) is 19.1. The number of halogens is 1. The minimum absolute atomic E-state index is 0.141. The standard InChI is InChI=1S/C29H23ClN4O5/c30-21-9-10-24(38-18-27(35)33-11-13-37-14-12-33)20(15-21)17-31-34-28(26-16-19-5-1-4-8-25(19)39-26)32-23-7-3-2-6-22(23)29(34)36/h1-10,15-17H,11-14,18H2. The molecule has 0 spiro atoms. The number of carbonyl (C=O) groups excluding carboxylic acids is 1. The molecule has 0 aliphatic carbocycles. The van der Waals surface area contributed by atoms with Gasteiger partial charge in [-0.05, 0) is 42.5 Å². The summed E-state index contributed by atoms with van der Waals surface area (Å²) in [5.74, 6) is 0.906. The highest BCUT2D eigenvalue weighted by Crippen LogP contribution is 2.27. The van der Waals surface area contributed by atoms with E-state index in [0.29, 0.717) is 64.9 Å². The molecular weight excluding hydrogens is 520 g/mol. The Labute approximate surface area is 227 Å². The normalized spacial score (nSPS) is 13.9. The van der Waals surface area contributed by atoms with Crippen LogP contribution in [0, 0.1) is 0 Å². The second kappa shape index (κ2) is 10.7. The molecule has 0 atom stereocenters. The molecule has 39 heavy (non-hydrogen) atoms. The van der Waals surface area contributed by atoms with E-state index in [1.807, 2.05) is 36.4 Å². The number of furan rings is 1. The molecule has 10 heteroatoms. The summed E-state index contributed by atoms with van der Waals surface area (Å²) in [6.07, 6.45) is 1.46. The van der Waals surface area contributed by atoms with Gasteiger partial charge in [0.2, 0.25) is 5.82 Å². The SMILES string of the molecule is O=C(COc1ccc(Cl)cc1C=Nn1c(-c2cc3ccccc3o2)nc2ccccc2c1=O)N1CCOCC1. The van der Waals surface area contributed by atoms with Crippen molar-refractivity contribution in [3.05, 3.63) is 93.7 Å². The van der Waals surface area contributed by atoms with Crippen molar-refractivity contribution in [3.8, 4) is 17.3 Å². The van der Waals surface area contributed by atoms with Crippen molar-refractivity contribution in [1.82, 2.24) is 14.6 Å². The number of hydrogen-bond acceptors (Lipinski definition) is 7. The summed E-state index contributed by atoms with van der Waals surface area (Å²) < 4.78 is 18.4. The molecule has 196 valence electrons. The van der Waals surface area contributed by atoms with E-state index in [2.05, 4.69) is 5.10 Å². The molecule has 0 N–H and O–H groups in total. The first-order valence-corrected chi connectivity index (χ1v) is 12.8. The van der Waals surface area contributed by atoms with E-state index in [0.717, 1.165) is 5.39 Å². The van der Waals surface area contributed by atoms with E-state index in [-0.39, 0.29) is 23.9 Å². The van der Waals surface area contributed by atoms with Crippen LogP contribution in [0.1, 0.15) is 5.56 Å². The monoisotopic (exact) mass is 542 g/mol. The minimum Gasteiger partial charge on any atom is -0.483 e. The van der Waals surface area contributed by atoms with E-state index < -0.39 is 0 Å². The fraction of sp³-hybridized carbons (Fsp3) is 0.172. The van der Waals surface area contributed by atoms with Crippen molar-refractivity contribution >= 4 is 45.6 Å². The van der Waals surface area contributed by atoms with Crippen molar-refractivity contribution in [3.63, 3.8) is 0 Å². The van der Waals surface area contributed by atoms with Crippen molar-refractivity contribution in [2.75, 3.05) is 32.9 Å². The average molecular weight is 543 g/mol. The van der Waals surface area contributed by atoms with Crippen molar-refractivity contribution < 1.29 is 18.7 Å². The topological polar surface area (TPSA) is 99.2 Å². The quantitative estimate of drug-likeness (QED) is 0.291. The molecule has 9 nitrogen and oxygen atoms in total. The van der Waals surface area contributed by atoms with Crippen molar-refractivity contribution in [2.24, 2.45) is 5.10 Å². The molecule has 0 unspecified atom stereocenters. The summed E-state index contributed by atoms with van der Waals surface area (Å²) in [6.45, 7) is 1.92. The molecule has 2 aromatic heterocycles. The minimum atomic E-state index is -0.362. The average Bonchev–Trinajstić information content (AvgIpc) is 3.41. The van der Waals surface area contributed by atoms with Gasteiger partial charge in [0, 0.05) is 29.1 Å². The third-order valence-electron chi connectivity index (χ3n) is 6.40. The van der Waals surface area contributed by atoms with Crippen LogP contribution in [0.4, 0.5) is 0 Å². The Morgan fingerprint density at radius 2 is 1.85 bits per heavy atom. The Bertz CT molecular complexity index is 1740. The second-order valence-electron chi connectivity index (χ2n) is 8.93. The number of aromatic nitrogens is 2. The van der Waals surface area contributed by atoms with Gasteiger partial charge in [0.25, 0.3) is 11.5 Å². The lowest BCUT2D eigenvalue weighted by Crippen LogP contribution is -2.43. The highest BCUT2D eigenvalue weighted by atomic mass is 35.5. The molecule has 1 saturated heterocycles. The van der Waals surface area contributed by atoms with Gasteiger partial charge in [0.05, 0.1) is 30.3 Å². The summed E-state index contributed by atoms with van der Waals surface area (Å²) >= 11 is 6.26. The number of ether oxygens (including phenoxy) is 2. The molecule has 0 bridgehead atoms. The molecule has 1 aliphatic heterocycles. The largest absolute Gasteiger partial charge is 0.483 e. The van der Waals surface area contributed by atoms with Crippen LogP contribution in [0.25, 0.3) is 33.5 Å². The van der Waals surface area contributed by atoms with Crippen LogP contribution >= 0.6 is 11.6 Å². The molecule has 6 rings (SSSR count). The lowest BCUT2D eigenvalue weighted by Gasteiger charge is -2.26. The number of benzene rings is 3. The third kappa shape index (κ3) is 5.14. The molecule has 0 saturated carbocycles. The van der Waals surface area contributed by atoms with E-state index >= 15 is 0 Å². The summed E-state index contributed by atoms with van der Waals surface area (Å²) in [6, 6.07) is 21.4. The van der Waals surface area contributed by atoms with Gasteiger partial charge >= 0.3 is 0 Å². The second-order valence-corrected chi connectivity index (χ2v) is 9.36. The van der Waals surface area contributed by atoms with Crippen molar-refractivity contribution in [1.29, 1.82) is 0 Å². The predicted molar refractivity (Wildman–Crippen MR) is 149 cm³/mol. The fourth-order valence-electron chi connectivity index (χ4n) is 4.40. The molecule has 0 radical (unpaired) electrons. The zero-order chi connectivity index (χ0) is 26.8. The highest BCUT2D eigenvalue weighted by molar-refractivity contribution is 6.30. The lowest BCUT2D eigenvalue weighted by atomic mass is 10.2. The van der Waals surface area contributed by atoms with Crippen LogP contribution in [0.5, 0.6) is 5.75 Å². The maximum atomic E-state index is 13.6. The molecule has 1 amide bonds. The number of carbonyl (C=O) groups is 1. The van der Waals surface area contributed by atoms with E-state index in [4.69, 9.17) is 30.5 Å². The highest BCUT2D eigenvalue weighted by Gasteiger charge is 2.19. The molecule has 3 aromatic carbocycles.